The summed E-state index contributed by atoms with van der Waals surface area (Å²) < 4.78 is 3.58. The Balaban J connectivity index is 1.26. The topological polar surface area (TPSA) is 102 Å². The molecule has 0 aliphatic carbocycles. The maximum absolute atomic E-state index is 12.5. The lowest BCUT2D eigenvalue weighted by molar-refractivity contribution is -0.116. The number of amides is 1. The molecule has 0 fully saturated rings. The molecule has 31 heavy (non-hydrogen) atoms. The Bertz CT molecular complexity index is 1370. The first-order chi connectivity index (χ1) is 15.1. The molecule has 9 heteroatoms. The van der Waals surface area contributed by atoms with Gasteiger partial charge in [-0.05, 0) is 44.0 Å². The van der Waals surface area contributed by atoms with Crippen molar-refractivity contribution in [3.05, 3.63) is 72.2 Å². The number of imidazole rings is 1. The second-order valence-electron chi connectivity index (χ2n) is 7.31. The van der Waals surface area contributed by atoms with Crippen LogP contribution in [0, 0.1) is 13.8 Å². The second-order valence-corrected chi connectivity index (χ2v) is 7.31. The van der Waals surface area contributed by atoms with Crippen LogP contribution in [0.1, 0.15) is 23.4 Å². The van der Waals surface area contributed by atoms with Crippen LogP contribution in [-0.2, 0) is 11.2 Å². The maximum Gasteiger partial charge on any atom is 0.252 e. The Morgan fingerprint density at radius 1 is 1.06 bits per heavy atom. The number of anilines is 1. The fourth-order valence-electron chi connectivity index (χ4n) is 3.67. The Kier molecular flexibility index (Phi) is 4.62. The highest BCUT2D eigenvalue weighted by Gasteiger charge is 2.13. The van der Waals surface area contributed by atoms with Gasteiger partial charge in [0.25, 0.3) is 5.78 Å². The first kappa shape index (κ1) is 18.9. The zero-order chi connectivity index (χ0) is 21.4. The lowest BCUT2D eigenvalue weighted by Crippen LogP contribution is -2.14. The zero-order valence-corrected chi connectivity index (χ0v) is 17.1. The number of aryl methyl sites for hydroxylation is 2. The molecular weight excluding hydrogens is 392 g/mol. The van der Waals surface area contributed by atoms with Crippen LogP contribution in [-0.4, -0.2) is 39.9 Å². The number of nitrogens with one attached hydrogen (secondary N) is 1. The SMILES string of the molecule is Cc1nc2ncnn2c(C)c1CCC(=O)Nc1ccc(-c2cn3cccnc3n2)cc1. The summed E-state index contributed by atoms with van der Waals surface area (Å²) in [6.07, 6.45) is 7.97. The molecule has 0 atom stereocenters. The van der Waals surface area contributed by atoms with Crippen LogP contribution in [0.2, 0.25) is 0 Å². The summed E-state index contributed by atoms with van der Waals surface area (Å²) in [5, 5.41) is 7.15. The van der Waals surface area contributed by atoms with Gasteiger partial charge in [-0.2, -0.15) is 10.1 Å². The van der Waals surface area contributed by atoms with Crippen LogP contribution in [0.3, 0.4) is 0 Å². The number of fused-ring (bicyclic) bond motifs is 2. The lowest BCUT2D eigenvalue weighted by Gasteiger charge is -2.10. The quantitative estimate of drug-likeness (QED) is 0.476. The predicted molar refractivity (Wildman–Crippen MR) is 116 cm³/mol. The van der Waals surface area contributed by atoms with Gasteiger partial charge in [0.2, 0.25) is 11.7 Å². The van der Waals surface area contributed by atoms with Gasteiger partial charge >= 0.3 is 0 Å². The van der Waals surface area contributed by atoms with Crippen molar-refractivity contribution in [3.63, 3.8) is 0 Å². The average molecular weight is 412 g/mol. The number of rotatable bonds is 5. The van der Waals surface area contributed by atoms with Crippen LogP contribution >= 0.6 is 0 Å². The molecular formula is C22H20N8O. The molecule has 154 valence electrons. The molecule has 0 aliphatic heterocycles. The summed E-state index contributed by atoms with van der Waals surface area (Å²) in [6.45, 7) is 3.90. The van der Waals surface area contributed by atoms with Gasteiger partial charge < -0.3 is 5.32 Å². The third-order valence-corrected chi connectivity index (χ3v) is 5.29. The monoisotopic (exact) mass is 412 g/mol. The molecule has 0 bridgehead atoms. The summed E-state index contributed by atoms with van der Waals surface area (Å²) in [4.78, 5) is 29.8. The zero-order valence-electron chi connectivity index (χ0n) is 17.1. The molecule has 1 amide bonds. The smallest absolute Gasteiger partial charge is 0.252 e. The van der Waals surface area contributed by atoms with Gasteiger partial charge in [-0.1, -0.05) is 12.1 Å². The minimum absolute atomic E-state index is 0.0535. The standard InChI is InChI=1S/C22H20N8O/c1-14-18(15(2)30-22(26-14)24-13-25-30)8-9-20(31)27-17-6-4-16(5-7-17)19-12-29-11-3-10-23-21(29)28-19/h3-7,10-13H,8-9H2,1-2H3,(H,27,31). The minimum Gasteiger partial charge on any atom is -0.326 e. The maximum atomic E-state index is 12.5. The summed E-state index contributed by atoms with van der Waals surface area (Å²) in [7, 11) is 0. The third-order valence-electron chi connectivity index (χ3n) is 5.29. The molecule has 9 nitrogen and oxygen atoms in total. The Hall–Kier alpha value is -4.14. The Labute approximate surface area is 177 Å². The number of benzene rings is 1. The van der Waals surface area contributed by atoms with E-state index in [1.165, 1.54) is 6.33 Å². The van der Waals surface area contributed by atoms with Gasteiger partial charge in [0, 0.05) is 47.7 Å². The first-order valence-electron chi connectivity index (χ1n) is 9.94. The van der Waals surface area contributed by atoms with E-state index in [2.05, 4.69) is 30.4 Å². The number of hydrogen-bond donors (Lipinski definition) is 1. The van der Waals surface area contributed by atoms with Crippen LogP contribution in [0.15, 0.2) is 55.2 Å². The number of carbonyl (C=O) groups is 1. The van der Waals surface area contributed by atoms with E-state index < -0.39 is 0 Å². The minimum atomic E-state index is -0.0535. The van der Waals surface area contributed by atoms with Gasteiger partial charge in [0.05, 0.1) is 5.69 Å². The highest BCUT2D eigenvalue weighted by atomic mass is 16.1. The summed E-state index contributed by atoms with van der Waals surface area (Å²) in [6, 6.07) is 9.50. The Morgan fingerprint density at radius 2 is 1.90 bits per heavy atom. The van der Waals surface area contributed by atoms with Crippen molar-refractivity contribution in [2.45, 2.75) is 26.7 Å². The van der Waals surface area contributed by atoms with Gasteiger partial charge in [-0.25, -0.2) is 19.5 Å². The summed E-state index contributed by atoms with van der Waals surface area (Å²) >= 11 is 0. The lowest BCUT2D eigenvalue weighted by atomic mass is 10.1. The van der Waals surface area contributed by atoms with Gasteiger partial charge in [-0.3, -0.25) is 9.20 Å². The van der Waals surface area contributed by atoms with Crippen molar-refractivity contribution in [1.29, 1.82) is 0 Å². The summed E-state index contributed by atoms with van der Waals surface area (Å²) in [5.41, 5.74) is 5.38. The van der Waals surface area contributed by atoms with Crippen molar-refractivity contribution >= 4 is 23.1 Å². The number of carbonyl (C=O) groups excluding carboxylic acids is 1. The molecule has 0 radical (unpaired) electrons. The van der Waals surface area contributed by atoms with E-state index in [0.717, 1.165) is 33.9 Å². The van der Waals surface area contributed by atoms with E-state index in [9.17, 15) is 4.79 Å². The molecule has 0 spiro atoms. The van der Waals surface area contributed by atoms with E-state index in [-0.39, 0.29) is 5.91 Å². The number of aromatic nitrogens is 7. The second kappa shape index (κ2) is 7.60. The average Bonchev–Trinajstić information content (AvgIpc) is 3.41. The molecule has 0 saturated heterocycles. The van der Waals surface area contributed by atoms with E-state index in [0.29, 0.717) is 24.4 Å². The number of hydrogen-bond acceptors (Lipinski definition) is 6. The number of nitrogens with zero attached hydrogens (tertiary/aromatic N) is 7. The normalized spacial score (nSPS) is 11.3. The van der Waals surface area contributed by atoms with Crippen LogP contribution < -0.4 is 5.32 Å². The molecule has 1 N–H and O–H groups in total. The van der Waals surface area contributed by atoms with Crippen molar-refractivity contribution in [1.82, 2.24) is 34.0 Å². The molecule has 0 unspecified atom stereocenters. The van der Waals surface area contributed by atoms with Gasteiger partial charge in [0.15, 0.2) is 0 Å². The van der Waals surface area contributed by atoms with Crippen molar-refractivity contribution in [3.8, 4) is 11.3 Å². The van der Waals surface area contributed by atoms with Crippen LogP contribution in [0.4, 0.5) is 5.69 Å². The van der Waals surface area contributed by atoms with Crippen LogP contribution in [0.25, 0.3) is 22.8 Å². The van der Waals surface area contributed by atoms with Crippen molar-refractivity contribution < 1.29 is 4.79 Å². The molecule has 4 heterocycles. The van der Waals surface area contributed by atoms with E-state index in [4.69, 9.17) is 0 Å². The Morgan fingerprint density at radius 3 is 2.71 bits per heavy atom. The van der Waals surface area contributed by atoms with Crippen molar-refractivity contribution in [2.24, 2.45) is 0 Å². The van der Waals surface area contributed by atoms with Crippen LogP contribution in [0.5, 0.6) is 0 Å². The predicted octanol–water partition coefficient (Wildman–Crippen LogP) is 3.02. The van der Waals surface area contributed by atoms with E-state index in [1.807, 2.05) is 61.0 Å². The first-order valence-corrected chi connectivity index (χ1v) is 9.94. The highest BCUT2D eigenvalue weighted by Crippen LogP contribution is 2.21. The molecule has 5 rings (SSSR count). The molecule has 0 saturated carbocycles. The van der Waals surface area contributed by atoms with E-state index >= 15 is 0 Å². The molecule has 4 aromatic heterocycles. The van der Waals surface area contributed by atoms with Gasteiger partial charge in [-0.15, -0.1) is 0 Å². The van der Waals surface area contributed by atoms with Crippen molar-refractivity contribution in [2.75, 3.05) is 5.32 Å². The molecule has 0 aliphatic rings. The largest absolute Gasteiger partial charge is 0.326 e. The fourth-order valence-corrected chi connectivity index (χ4v) is 3.67. The molecule has 1 aromatic carbocycles. The molecule has 5 aromatic rings. The van der Waals surface area contributed by atoms with Gasteiger partial charge in [0.1, 0.15) is 6.33 Å². The highest BCUT2D eigenvalue weighted by molar-refractivity contribution is 5.91. The third kappa shape index (κ3) is 3.61. The fraction of sp³-hybridized carbons (Fsp3) is 0.182. The van der Waals surface area contributed by atoms with E-state index in [1.54, 1.807) is 10.7 Å². The summed E-state index contributed by atoms with van der Waals surface area (Å²) in [5.74, 6) is 1.17.